The van der Waals surface area contributed by atoms with Gasteiger partial charge in [-0.2, -0.15) is 0 Å². The van der Waals surface area contributed by atoms with E-state index in [0.717, 1.165) is 24.6 Å². The number of rotatable bonds is 4. The number of aryl methyl sites for hydroxylation is 2. The molecule has 16 heavy (non-hydrogen) atoms. The van der Waals surface area contributed by atoms with Crippen LogP contribution in [0.15, 0.2) is 26.4 Å². The van der Waals surface area contributed by atoms with Crippen LogP contribution in [0.1, 0.15) is 22.0 Å². The molecule has 0 fully saturated rings. The molecule has 0 unspecified atom stereocenters. The Morgan fingerprint density at radius 2 is 2.12 bits per heavy atom. The number of thiophene rings is 1. The molecular weight excluding hydrogens is 286 g/mol. The van der Waals surface area contributed by atoms with Gasteiger partial charge >= 0.3 is 0 Å². The molecule has 2 heterocycles. The third kappa shape index (κ3) is 2.97. The number of hydrogen-bond donors (Lipinski definition) is 1. The quantitative estimate of drug-likeness (QED) is 0.923. The molecular formula is C12H14BrNOS. The summed E-state index contributed by atoms with van der Waals surface area (Å²) in [5.74, 6) is 1.99. The summed E-state index contributed by atoms with van der Waals surface area (Å²) in [7, 11) is 0. The number of nitrogens with one attached hydrogen (secondary N) is 1. The van der Waals surface area contributed by atoms with Gasteiger partial charge in [0.25, 0.3) is 0 Å². The van der Waals surface area contributed by atoms with Crippen molar-refractivity contribution in [1.82, 2.24) is 5.32 Å². The van der Waals surface area contributed by atoms with Gasteiger partial charge in [0.2, 0.25) is 0 Å². The van der Waals surface area contributed by atoms with Crippen LogP contribution in [0, 0.1) is 13.8 Å². The van der Waals surface area contributed by atoms with Crippen molar-refractivity contribution in [3.8, 4) is 0 Å². The average molecular weight is 300 g/mol. The summed E-state index contributed by atoms with van der Waals surface area (Å²) < 4.78 is 6.66. The van der Waals surface area contributed by atoms with Crippen molar-refractivity contribution >= 4 is 27.3 Å². The molecule has 86 valence electrons. The highest BCUT2D eigenvalue weighted by molar-refractivity contribution is 9.11. The molecule has 0 saturated carbocycles. The molecule has 0 amide bonds. The van der Waals surface area contributed by atoms with Gasteiger partial charge in [0, 0.05) is 23.5 Å². The maximum absolute atomic E-state index is 5.48. The summed E-state index contributed by atoms with van der Waals surface area (Å²) in [5, 5.41) is 3.42. The summed E-state index contributed by atoms with van der Waals surface area (Å²) >= 11 is 5.22. The first-order valence-electron chi connectivity index (χ1n) is 5.16. The second kappa shape index (κ2) is 5.17. The summed E-state index contributed by atoms with van der Waals surface area (Å²) in [6.07, 6.45) is 0. The van der Waals surface area contributed by atoms with Crippen molar-refractivity contribution in [3.63, 3.8) is 0 Å². The minimum atomic E-state index is 0.860. The van der Waals surface area contributed by atoms with Crippen LogP contribution in [0.3, 0.4) is 0 Å². The lowest BCUT2D eigenvalue weighted by atomic mass is 10.2. The number of hydrogen-bond acceptors (Lipinski definition) is 3. The Morgan fingerprint density at radius 3 is 2.69 bits per heavy atom. The van der Waals surface area contributed by atoms with Crippen molar-refractivity contribution in [3.05, 3.63) is 43.9 Å². The molecule has 0 atom stereocenters. The second-order valence-electron chi connectivity index (χ2n) is 3.75. The smallest absolute Gasteiger partial charge is 0.105 e. The van der Waals surface area contributed by atoms with Gasteiger partial charge < -0.3 is 9.73 Å². The van der Waals surface area contributed by atoms with Gasteiger partial charge in [0.05, 0.1) is 3.79 Å². The maximum Gasteiger partial charge on any atom is 0.105 e. The van der Waals surface area contributed by atoms with Crippen LogP contribution in [-0.4, -0.2) is 0 Å². The molecule has 0 aliphatic rings. The molecule has 0 aliphatic heterocycles. The van der Waals surface area contributed by atoms with Crippen LogP contribution >= 0.6 is 27.3 Å². The van der Waals surface area contributed by atoms with Crippen molar-refractivity contribution in [2.45, 2.75) is 26.9 Å². The SMILES string of the molecule is Cc1cc(CNCc2ccc(Br)s2)c(C)o1. The van der Waals surface area contributed by atoms with Crippen LogP contribution in [0.2, 0.25) is 0 Å². The molecule has 2 aromatic heterocycles. The van der Waals surface area contributed by atoms with Crippen LogP contribution in [0.5, 0.6) is 0 Å². The number of furan rings is 1. The third-order valence-electron chi connectivity index (χ3n) is 2.39. The van der Waals surface area contributed by atoms with Crippen molar-refractivity contribution in [2.75, 3.05) is 0 Å². The third-order valence-corrected chi connectivity index (χ3v) is 4.01. The molecule has 0 aromatic carbocycles. The highest BCUT2D eigenvalue weighted by atomic mass is 79.9. The van der Waals surface area contributed by atoms with Crippen LogP contribution in [0.4, 0.5) is 0 Å². The van der Waals surface area contributed by atoms with Crippen LogP contribution < -0.4 is 5.32 Å². The monoisotopic (exact) mass is 299 g/mol. The van der Waals surface area contributed by atoms with E-state index in [0.29, 0.717) is 0 Å². The molecule has 1 N–H and O–H groups in total. The summed E-state index contributed by atoms with van der Waals surface area (Å²) in [5.41, 5.74) is 1.24. The van der Waals surface area contributed by atoms with Gasteiger partial charge in [-0.3, -0.25) is 0 Å². The van der Waals surface area contributed by atoms with Gasteiger partial charge in [-0.25, -0.2) is 0 Å². The predicted molar refractivity (Wildman–Crippen MR) is 70.7 cm³/mol. The Kier molecular flexibility index (Phi) is 3.84. The largest absolute Gasteiger partial charge is 0.466 e. The lowest BCUT2D eigenvalue weighted by Gasteiger charge is -2.01. The normalized spacial score (nSPS) is 10.9. The van der Waals surface area contributed by atoms with E-state index in [2.05, 4.69) is 39.4 Å². The lowest BCUT2D eigenvalue weighted by Crippen LogP contribution is -2.11. The fraction of sp³-hybridized carbons (Fsp3) is 0.333. The highest BCUT2D eigenvalue weighted by Crippen LogP contribution is 2.22. The maximum atomic E-state index is 5.48. The molecule has 0 bridgehead atoms. The first-order chi connectivity index (χ1) is 7.65. The predicted octanol–water partition coefficient (Wildman–Crippen LogP) is 4.01. The van der Waals surface area contributed by atoms with Gasteiger partial charge in [0.15, 0.2) is 0 Å². The highest BCUT2D eigenvalue weighted by Gasteiger charge is 2.04. The molecule has 0 radical (unpaired) electrons. The van der Waals surface area contributed by atoms with E-state index < -0.39 is 0 Å². The number of halogens is 1. The van der Waals surface area contributed by atoms with Crippen LogP contribution in [-0.2, 0) is 13.1 Å². The molecule has 2 rings (SSSR count). The topological polar surface area (TPSA) is 25.2 Å². The van der Waals surface area contributed by atoms with E-state index in [9.17, 15) is 0 Å². The van der Waals surface area contributed by atoms with Crippen LogP contribution in [0.25, 0.3) is 0 Å². The lowest BCUT2D eigenvalue weighted by molar-refractivity contribution is 0.499. The van der Waals surface area contributed by atoms with Gasteiger partial charge in [-0.05, 0) is 48.0 Å². The summed E-state index contributed by atoms with van der Waals surface area (Å²) in [4.78, 5) is 1.34. The Labute approximate surface area is 108 Å². The minimum absolute atomic E-state index is 0.860. The fourth-order valence-electron chi connectivity index (χ4n) is 1.63. The second-order valence-corrected chi connectivity index (χ2v) is 6.30. The van der Waals surface area contributed by atoms with Gasteiger partial charge in [0.1, 0.15) is 11.5 Å². The first kappa shape index (κ1) is 11.9. The van der Waals surface area contributed by atoms with E-state index in [1.54, 1.807) is 11.3 Å². The van der Waals surface area contributed by atoms with E-state index in [1.807, 2.05) is 13.8 Å². The van der Waals surface area contributed by atoms with E-state index in [4.69, 9.17) is 4.42 Å². The molecule has 4 heteroatoms. The molecule has 0 spiro atoms. The molecule has 0 aliphatic carbocycles. The average Bonchev–Trinajstić information content (AvgIpc) is 2.74. The first-order valence-corrected chi connectivity index (χ1v) is 6.77. The Bertz CT molecular complexity index is 475. The summed E-state index contributed by atoms with van der Waals surface area (Å²) in [6.45, 7) is 5.75. The van der Waals surface area contributed by atoms with E-state index in [-0.39, 0.29) is 0 Å². The standard InChI is InChI=1S/C12H14BrNOS/c1-8-5-10(9(2)15-8)6-14-7-11-3-4-12(13)16-11/h3-5,14H,6-7H2,1-2H3. The van der Waals surface area contributed by atoms with E-state index >= 15 is 0 Å². The minimum Gasteiger partial charge on any atom is -0.466 e. The van der Waals surface area contributed by atoms with Gasteiger partial charge in [-0.15, -0.1) is 11.3 Å². The molecule has 2 nitrogen and oxygen atoms in total. The Morgan fingerprint density at radius 1 is 1.31 bits per heavy atom. The molecule has 0 saturated heterocycles. The summed E-state index contributed by atoms with van der Waals surface area (Å²) in [6, 6.07) is 6.30. The Balaban J connectivity index is 1.86. The van der Waals surface area contributed by atoms with Crippen molar-refractivity contribution < 1.29 is 4.42 Å². The zero-order valence-electron chi connectivity index (χ0n) is 9.34. The Hall–Kier alpha value is -0.580. The van der Waals surface area contributed by atoms with Crippen molar-refractivity contribution in [2.24, 2.45) is 0 Å². The van der Waals surface area contributed by atoms with Crippen molar-refractivity contribution in [1.29, 1.82) is 0 Å². The molecule has 2 aromatic rings. The fourth-order valence-corrected chi connectivity index (χ4v) is 3.08. The zero-order valence-corrected chi connectivity index (χ0v) is 11.7. The van der Waals surface area contributed by atoms with Gasteiger partial charge in [-0.1, -0.05) is 0 Å². The zero-order chi connectivity index (χ0) is 11.5. The van der Waals surface area contributed by atoms with E-state index in [1.165, 1.54) is 14.2 Å².